The van der Waals surface area contributed by atoms with Crippen molar-refractivity contribution in [3.63, 3.8) is 0 Å². The van der Waals surface area contributed by atoms with Crippen LogP contribution >= 0.6 is 23.2 Å². The summed E-state index contributed by atoms with van der Waals surface area (Å²) in [5, 5.41) is 20.8. The number of hydrogen-bond acceptors (Lipinski definition) is 6. The number of pyridine rings is 2. The standard InChI is InChI=1S/C28H22Cl2FN5O3/c1-34-21-11-10-20(14-32)33-24(21)26(23(31)27(34)37)35-12-13-36(22(15-35)28(38)39)25(16-2-6-18(29)7-3-16)17-4-8-19(30)9-5-17/h2-11,22,25H,12-13,15H2,1H3,(H,38,39). The van der Waals surface area contributed by atoms with Gasteiger partial charge in [0.1, 0.15) is 29.0 Å². The zero-order valence-electron chi connectivity index (χ0n) is 20.7. The predicted octanol–water partition coefficient (Wildman–Crippen LogP) is 4.62. The largest absolute Gasteiger partial charge is 0.480 e. The molecule has 198 valence electrons. The second kappa shape index (κ2) is 10.7. The average Bonchev–Trinajstić information content (AvgIpc) is 2.94. The Morgan fingerprint density at radius 3 is 2.18 bits per heavy atom. The Balaban J connectivity index is 1.60. The Kier molecular flexibility index (Phi) is 7.28. The molecule has 2 aromatic heterocycles. The van der Waals surface area contributed by atoms with Crippen molar-refractivity contribution in [1.82, 2.24) is 14.5 Å². The van der Waals surface area contributed by atoms with Crippen LogP contribution in [0.4, 0.5) is 10.1 Å². The monoisotopic (exact) mass is 565 g/mol. The van der Waals surface area contributed by atoms with Gasteiger partial charge in [0, 0.05) is 36.7 Å². The summed E-state index contributed by atoms with van der Waals surface area (Å²) in [6, 6.07) is 17.7. The second-order valence-corrected chi connectivity index (χ2v) is 10.1. The molecule has 1 aliphatic rings. The Morgan fingerprint density at radius 2 is 1.64 bits per heavy atom. The second-order valence-electron chi connectivity index (χ2n) is 9.25. The highest BCUT2D eigenvalue weighted by atomic mass is 35.5. The van der Waals surface area contributed by atoms with Gasteiger partial charge in [-0.05, 0) is 47.5 Å². The molecule has 1 atom stereocenters. The summed E-state index contributed by atoms with van der Waals surface area (Å²) in [5.74, 6) is -2.15. The van der Waals surface area contributed by atoms with E-state index in [1.807, 2.05) is 35.2 Å². The maximum atomic E-state index is 15.5. The van der Waals surface area contributed by atoms with Gasteiger partial charge in [0.15, 0.2) is 0 Å². The molecule has 0 spiro atoms. The fourth-order valence-electron chi connectivity index (χ4n) is 5.10. The first-order chi connectivity index (χ1) is 18.7. The Bertz CT molecular complexity index is 1620. The van der Waals surface area contributed by atoms with Gasteiger partial charge in [-0.1, -0.05) is 47.5 Å². The molecule has 4 aromatic rings. The molecule has 0 saturated carbocycles. The van der Waals surface area contributed by atoms with Crippen molar-refractivity contribution < 1.29 is 14.3 Å². The van der Waals surface area contributed by atoms with E-state index in [9.17, 15) is 20.0 Å². The van der Waals surface area contributed by atoms with Gasteiger partial charge in [-0.25, -0.2) is 4.98 Å². The number of benzene rings is 2. The molecule has 39 heavy (non-hydrogen) atoms. The highest BCUT2D eigenvalue weighted by Crippen LogP contribution is 2.36. The van der Waals surface area contributed by atoms with Crippen LogP contribution in [0.25, 0.3) is 11.0 Å². The summed E-state index contributed by atoms with van der Waals surface area (Å²) in [4.78, 5) is 33.0. The fourth-order valence-corrected chi connectivity index (χ4v) is 5.36. The van der Waals surface area contributed by atoms with Crippen LogP contribution in [0.3, 0.4) is 0 Å². The molecule has 2 aromatic carbocycles. The summed E-state index contributed by atoms with van der Waals surface area (Å²) in [6.45, 7) is 0.310. The first kappa shape index (κ1) is 26.6. The van der Waals surface area contributed by atoms with Crippen LogP contribution in [0.15, 0.2) is 65.5 Å². The molecule has 3 heterocycles. The lowest BCUT2D eigenvalue weighted by Gasteiger charge is -2.44. The van der Waals surface area contributed by atoms with Crippen LogP contribution in [0.1, 0.15) is 22.9 Å². The maximum absolute atomic E-state index is 15.5. The van der Waals surface area contributed by atoms with E-state index in [-0.39, 0.29) is 36.5 Å². The number of carboxylic acid groups (broad SMARTS) is 1. The summed E-state index contributed by atoms with van der Waals surface area (Å²) >= 11 is 12.2. The zero-order valence-corrected chi connectivity index (χ0v) is 22.2. The first-order valence-corrected chi connectivity index (χ1v) is 12.8. The van der Waals surface area contributed by atoms with E-state index < -0.39 is 29.4 Å². The summed E-state index contributed by atoms with van der Waals surface area (Å²) in [5.41, 5.74) is 1.20. The van der Waals surface area contributed by atoms with Gasteiger partial charge >= 0.3 is 5.97 Å². The van der Waals surface area contributed by atoms with Gasteiger partial charge < -0.3 is 14.6 Å². The first-order valence-electron chi connectivity index (χ1n) is 12.0. The van der Waals surface area contributed by atoms with Crippen molar-refractivity contribution in [2.24, 2.45) is 7.05 Å². The number of nitrogens with zero attached hydrogens (tertiary/aromatic N) is 5. The van der Waals surface area contributed by atoms with Gasteiger partial charge in [0.25, 0.3) is 5.56 Å². The summed E-state index contributed by atoms with van der Waals surface area (Å²) < 4.78 is 16.6. The molecule has 0 radical (unpaired) electrons. The third-order valence-electron chi connectivity index (χ3n) is 7.00. The number of nitriles is 1. The van der Waals surface area contributed by atoms with Crippen molar-refractivity contribution in [1.29, 1.82) is 5.26 Å². The topological polar surface area (TPSA) is 102 Å². The van der Waals surface area contributed by atoms with Crippen LogP contribution < -0.4 is 10.5 Å². The molecule has 8 nitrogen and oxygen atoms in total. The SMILES string of the molecule is Cn1c(=O)c(F)c(N2CCN(C(c3ccc(Cl)cc3)c3ccc(Cl)cc3)C(C(=O)O)C2)c2nc(C#N)ccc21. The van der Waals surface area contributed by atoms with Gasteiger partial charge in [-0.3, -0.25) is 14.5 Å². The number of carbonyl (C=O) groups is 1. The molecule has 11 heteroatoms. The molecular weight excluding hydrogens is 544 g/mol. The molecule has 0 bridgehead atoms. The van der Waals surface area contributed by atoms with Crippen LogP contribution in [0.2, 0.25) is 10.0 Å². The Morgan fingerprint density at radius 1 is 1.05 bits per heavy atom. The van der Waals surface area contributed by atoms with Crippen molar-refractivity contribution in [2.45, 2.75) is 12.1 Å². The fraction of sp³-hybridized carbons (Fsp3) is 0.214. The summed E-state index contributed by atoms with van der Waals surface area (Å²) in [7, 11) is 1.42. The average molecular weight is 566 g/mol. The highest BCUT2D eigenvalue weighted by molar-refractivity contribution is 6.30. The lowest BCUT2D eigenvalue weighted by molar-refractivity contribution is -0.144. The molecule has 0 amide bonds. The molecule has 1 N–H and O–H groups in total. The molecule has 1 aliphatic heterocycles. The zero-order chi connectivity index (χ0) is 27.8. The van der Waals surface area contributed by atoms with Gasteiger partial charge in [0.05, 0.1) is 11.6 Å². The number of anilines is 1. The van der Waals surface area contributed by atoms with E-state index in [2.05, 4.69) is 4.98 Å². The van der Waals surface area contributed by atoms with Crippen LogP contribution in [-0.4, -0.2) is 51.2 Å². The van der Waals surface area contributed by atoms with E-state index >= 15 is 4.39 Å². The number of halogens is 3. The van der Waals surface area contributed by atoms with Crippen molar-refractivity contribution >= 4 is 45.9 Å². The number of carboxylic acids is 1. The van der Waals surface area contributed by atoms with Crippen LogP contribution in [-0.2, 0) is 11.8 Å². The van der Waals surface area contributed by atoms with Crippen molar-refractivity contribution in [3.8, 4) is 6.07 Å². The van der Waals surface area contributed by atoms with Crippen molar-refractivity contribution in [2.75, 3.05) is 24.5 Å². The molecule has 1 fully saturated rings. The van der Waals surface area contributed by atoms with E-state index in [1.54, 1.807) is 24.3 Å². The molecule has 5 rings (SSSR count). The number of piperazine rings is 1. The highest BCUT2D eigenvalue weighted by Gasteiger charge is 2.39. The number of aryl methyl sites for hydroxylation is 1. The molecule has 1 saturated heterocycles. The van der Waals surface area contributed by atoms with Gasteiger partial charge in [-0.15, -0.1) is 0 Å². The Labute approximate surface area is 233 Å². The van der Waals surface area contributed by atoms with Gasteiger partial charge in [0.2, 0.25) is 5.82 Å². The van der Waals surface area contributed by atoms with Gasteiger partial charge in [-0.2, -0.15) is 9.65 Å². The third-order valence-corrected chi connectivity index (χ3v) is 7.50. The normalized spacial score (nSPS) is 16.0. The lowest BCUT2D eigenvalue weighted by atomic mass is 9.94. The maximum Gasteiger partial charge on any atom is 0.322 e. The van der Waals surface area contributed by atoms with E-state index in [1.165, 1.54) is 24.1 Å². The lowest BCUT2D eigenvalue weighted by Crippen LogP contribution is -2.58. The van der Waals surface area contributed by atoms with Crippen molar-refractivity contribution in [3.05, 3.63) is 104 Å². The molecule has 0 aliphatic carbocycles. The number of aromatic nitrogens is 2. The number of rotatable bonds is 5. The number of fused-ring (bicyclic) bond motifs is 1. The Hall–Kier alpha value is -3.97. The number of aliphatic carboxylic acids is 1. The molecular formula is C28H22Cl2FN5O3. The predicted molar refractivity (Wildman–Crippen MR) is 147 cm³/mol. The van der Waals surface area contributed by atoms with E-state index in [0.29, 0.717) is 15.6 Å². The quantitative estimate of drug-likeness (QED) is 0.376. The minimum atomic E-state index is -1.10. The minimum absolute atomic E-state index is 0.0563. The van der Waals surface area contributed by atoms with Crippen LogP contribution in [0.5, 0.6) is 0 Å². The van der Waals surface area contributed by atoms with E-state index in [4.69, 9.17) is 23.2 Å². The van der Waals surface area contributed by atoms with Crippen LogP contribution in [0, 0.1) is 17.1 Å². The third kappa shape index (κ3) is 4.94. The minimum Gasteiger partial charge on any atom is -0.480 e. The summed E-state index contributed by atoms with van der Waals surface area (Å²) in [6.07, 6.45) is 0. The molecule has 1 unspecified atom stereocenters. The van der Waals surface area contributed by atoms with E-state index in [0.717, 1.165) is 15.7 Å². The smallest absolute Gasteiger partial charge is 0.322 e. The number of hydrogen-bond donors (Lipinski definition) is 1.